The molecule has 0 saturated carbocycles. The first-order chi connectivity index (χ1) is 10.1. The summed E-state index contributed by atoms with van der Waals surface area (Å²) in [5.41, 5.74) is 1.90. The van der Waals surface area contributed by atoms with Crippen molar-refractivity contribution in [2.45, 2.75) is 39.8 Å². The molecule has 2 aromatic rings. The van der Waals surface area contributed by atoms with Crippen LogP contribution in [0.1, 0.15) is 37.6 Å². The van der Waals surface area contributed by atoms with E-state index < -0.39 is 0 Å². The van der Waals surface area contributed by atoms with Crippen molar-refractivity contribution in [3.63, 3.8) is 0 Å². The summed E-state index contributed by atoms with van der Waals surface area (Å²) < 4.78 is 5.85. The number of ether oxygens (including phenoxy) is 1. The van der Waals surface area contributed by atoms with Crippen LogP contribution >= 0.6 is 11.3 Å². The second-order valence-corrected chi connectivity index (χ2v) is 6.46. The molecule has 1 N–H and O–H groups in total. The van der Waals surface area contributed by atoms with E-state index in [1.807, 2.05) is 13.0 Å². The van der Waals surface area contributed by atoms with Gasteiger partial charge in [-0.1, -0.05) is 37.3 Å². The third-order valence-corrected chi connectivity index (χ3v) is 4.66. The minimum Gasteiger partial charge on any atom is -0.369 e. The van der Waals surface area contributed by atoms with Crippen LogP contribution in [0.4, 0.5) is 0 Å². The lowest BCUT2D eigenvalue weighted by Gasteiger charge is -2.21. The Morgan fingerprint density at radius 1 is 1.19 bits per heavy atom. The van der Waals surface area contributed by atoms with Gasteiger partial charge in [-0.25, -0.2) is 4.98 Å². The maximum Gasteiger partial charge on any atom is 0.125 e. The standard InChI is InChI=1S/C17H24N2OS/c1-5-18-12-14-15(13-10-8-7-9-11-13)19-16(21-14)17(3,4)20-6-2/h7-11,18H,5-6,12H2,1-4H3. The van der Waals surface area contributed by atoms with Gasteiger partial charge >= 0.3 is 0 Å². The van der Waals surface area contributed by atoms with E-state index >= 15 is 0 Å². The Morgan fingerprint density at radius 2 is 1.90 bits per heavy atom. The Bertz CT molecular complexity index is 563. The molecule has 4 heteroatoms. The number of hydrogen-bond acceptors (Lipinski definition) is 4. The lowest BCUT2D eigenvalue weighted by Crippen LogP contribution is -2.21. The summed E-state index contributed by atoms with van der Waals surface area (Å²) in [7, 11) is 0. The van der Waals surface area contributed by atoms with Gasteiger partial charge in [-0.05, 0) is 27.3 Å². The molecule has 114 valence electrons. The average Bonchev–Trinajstić information content (AvgIpc) is 2.91. The van der Waals surface area contributed by atoms with E-state index in [4.69, 9.17) is 9.72 Å². The van der Waals surface area contributed by atoms with Crippen molar-refractivity contribution in [2.75, 3.05) is 13.2 Å². The number of nitrogens with one attached hydrogen (secondary N) is 1. The number of benzene rings is 1. The zero-order valence-electron chi connectivity index (χ0n) is 13.3. The number of hydrogen-bond donors (Lipinski definition) is 1. The van der Waals surface area contributed by atoms with Crippen LogP contribution in [0, 0.1) is 0 Å². The van der Waals surface area contributed by atoms with Crippen molar-refractivity contribution in [3.8, 4) is 11.3 Å². The second kappa shape index (κ2) is 7.16. The van der Waals surface area contributed by atoms with E-state index in [2.05, 4.69) is 50.4 Å². The summed E-state index contributed by atoms with van der Waals surface area (Å²) in [5.74, 6) is 0. The molecular weight excluding hydrogens is 280 g/mol. The van der Waals surface area contributed by atoms with Gasteiger partial charge in [0, 0.05) is 23.6 Å². The van der Waals surface area contributed by atoms with Gasteiger partial charge < -0.3 is 10.1 Å². The van der Waals surface area contributed by atoms with Crippen LogP contribution < -0.4 is 5.32 Å². The van der Waals surface area contributed by atoms with Crippen molar-refractivity contribution in [1.82, 2.24) is 10.3 Å². The minimum atomic E-state index is -0.340. The van der Waals surface area contributed by atoms with Gasteiger partial charge in [-0.15, -0.1) is 11.3 Å². The van der Waals surface area contributed by atoms with Crippen LogP contribution in [0.5, 0.6) is 0 Å². The van der Waals surface area contributed by atoms with Crippen LogP contribution in [0.3, 0.4) is 0 Å². The maximum atomic E-state index is 5.85. The summed E-state index contributed by atoms with van der Waals surface area (Å²) in [4.78, 5) is 6.15. The fraction of sp³-hybridized carbons (Fsp3) is 0.471. The van der Waals surface area contributed by atoms with Crippen molar-refractivity contribution in [3.05, 3.63) is 40.2 Å². The molecule has 0 aliphatic carbocycles. The summed E-state index contributed by atoms with van der Waals surface area (Å²) in [6.45, 7) is 10.8. The first kappa shape index (κ1) is 16.1. The normalized spacial score (nSPS) is 11.8. The van der Waals surface area contributed by atoms with Crippen molar-refractivity contribution < 1.29 is 4.74 Å². The van der Waals surface area contributed by atoms with E-state index in [9.17, 15) is 0 Å². The van der Waals surface area contributed by atoms with Crippen molar-refractivity contribution in [2.24, 2.45) is 0 Å². The summed E-state index contributed by atoms with van der Waals surface area (Å²) >= 11 is 1.74. The SMILES string of the molecule is CCNCc1sc(C(C)(C)OCC)nc1-c1ccccc1. The summed E-state index contributed by atoms with van der Waals surface area (Å²) in [6, 6.07) is 10.4. The Kier molecular flexibility index (Phi) is 5.51. The number of rotatable bonds is 7. The molecule has 0 aliphatic heterocycles. The largest absolute Gasteiger partial charge is 0.369 e. The van der Waals surface area contributed by atoms with Gasteiger partial charge in [0.15, 0.2) is 0 Å². The lowest BCUT2D eigenvalue weighted by molar-refractivity contribution is -0.0141. The molecule has 1 aromatic carbocycles. The Labute approximate surface area is 131 Å². The van der Waals surface area contributed by atoms with Gasteiger partial charge in [0.25, 0.3) is 0 Å². The Balaban J connectivity index is 2.40. The molecular formula is C17H24N2OS. The van der Waals surface area contributed by atoms with Gasteiger partial charge in [-0.2, -0.15) is 0 Å². The van der Waals surface area contributed by atoms with Crippen LogP contribution in [0.2, 0.25) is 0 Å². The Morgan fingerprint density at radius 3 is 2.52 bits per heavy atom. The van der Waals surface area contributed by atoms with Crippen LogP contribution in [0.15, 0.2) is 30.3 Å². The number of thiazole rings is 1. The average molecular weight is 304 g/mol. The third kappa shape index (κ3) is 3.90. The predicted molar refractivity (Wildman–Crippen MR) is 89.6 cm³/mol. The molecule has 0 unspecified atom stereocenters. The number of nitrogens with zero attached hydrogens (tertiary/aromatic N) is 1. The zero-order valence-corrected chi connectivity index (χ0v) is 14.1. The first-order valence-corrected chi connectivity index (χ1v) is 8.30. The van der Waals surface area contributed by atoms with E-state index in [1.165, 1.54) is 10.4 Å². The smallest absolute Gasteiger partial charge is 0.125 e. The van der Waals surface area contributed by atoms with Gasteiger partial charge in [-0.3, -0.25) is 0 Å². The highest BCUT2D eigenvalue weighted by atomic mass is 32.1. The van der Waals surface area contributed by atoms with E-state index in [0.717, 1.165) is 23.8 Å². The molecule has 1 heterocycles. The van der Waals surface area contributed by atoms with Crippen molar-refractivity contribution in [1.29, 1.82) is 0 Å². The molecule has 0 amide bonds. The molecule has 0 atom stereocenters. The molecule has 0 aliphatic rings. The van der Waals surface area contributed by atoms with Crippen LogP contribution in [-0.2, 0) is 16.9 Å². The lowest BCUT2D eigenvalue weighted by atomic mass is 10.1. The van der Waals surface area contributed by atoms with Crippen LogP contribution in [-0.4, -0.2) is 18.1 Å². The molecule has 0 radical (unpaired) electrons. The monoisotopic (exact) mass is 304 g/mol. The van der Waals surface area contributed by atoms with Gasteiger partial charge in [0.1, 0.15) is 10.6 Å². The molecule has 1 aromatic heterocycles. The Hall–Kier alpha value is -1.23. The van der Waals surface area contributed by atoms with Crippen LogP contribution in [0.25, 0.3) is 11.3 Å². The fourth-order valence-corrected chi connectivity index (χ4v) is 3.32. The van der Waals surface area contributed by atoms with Gasteiger partial charge in [0.05, 0.1) is 5.69 Å². The van der Waals surface area contributed by atoms with Crippen molar-refractivity contribution >= 4 is 11.3 Å². The highest BCUT2D eigenvalue weighted by Crippen LogP contribution is 2.35. The maximum absolute atomic E-state index is 5.85. The third-order valence-electron chi connectivity index (χ3n) is 3.30. The molecule has 0 fully saturated rings. The topological polar surface area (TPSA) is 34.1 Å². The minimum absolute atomic E-state index is 0.340. The van der Waals surface area contributed by atoms with E-state index in [1.54, 1.807) is 11.3 Å². The molecule has 0 bridgehead atoms. The second-order valence-electron chi connectivity index (χ2n) is 5.38. The molecule has 0 saturated heterocycles. The highest BCUT2D eigenvalue weighted by molar-refractivity contribution is 7.12. The molecule has 3 nitrogen and oxygen atoms in total. The summed E-state index contributed by atoms with van der Waals surface area (Å²) in [6.07, 6.45) is 0. The first-order valence-electron chi connectivity index (χ1n) is 7.48. The fourth-order valence-electron chi connectivity index (χ4n) is 2.21. The molecule has 2 rings (SSSR count). The number of aromatic nitrogens is 1. The van der Waals surface area contributed by atoms with E-state index in [0.29, 0.717) is 6.61 Å². The zero-order chi connectivity index (χ0) is 15.3. The van der Waals surface area contributed by atoms with E-state index in [-0.39, 0.29) is 5.60 Å². The summed E-state index contributed by atoms with van der Waals surface area (Å²) in [5, 5.41) is 4.44. The van der Waals surface area contributed by atoms with Gasteiger partial charge in [0.2, 0.25) is 0 Å². The molecule has 0 spiro atoms. The molecule has 21 heavy (non-hydrogen) atoms. The predicted octanol–water partition coefficient (Wildman–Crippen LogP) is 4.19. The highest BCUT2D eigenvalue weighted by Gasteiger charge is 2.27. The quantitative estimate of drug-likeness (QED) is 0.833.